The van der Waals surface area contributed by atoms with Crippen LogP contribution in [0.5, 0.6) is 5.75 Å². The molecule has 2 aliphatic rings. The first-order valence-corrected chi connectivity index (χ1v) is 10.3. The molecule has 1 aliphatic heterocycles. The van der Waals surface area contributed by atoms with Crippen LogP contribution in [0.15, 0.2) is 23.1 Å². The summed E-state index contributed by atoms with van der Waals surface area (Å²) >= 11 is 11.8. The molecule has 0 spiro atoms. The van der Waals surface area contributed by atoms with Crippen LogP contribution in [0.1, 0.15) is 25.7 Å². The zero-order valence-corrected chi connectivity index (χ0v) is 16.1. The summed E-state index contributed by atoms with van der Waals surface area (Å²) in [5.74, 6) is -0.486. The number of carbonyl (C=O) groups is 1. The average molecular weight is 407 g/mol. The largest absolute Gasteiger partial charge is 0.495 e. The van der Waals surface area contributed by atoms with Gasteiger partial charge in [-0.3, -0.25) is 4.79 Å². The Morgan fingerprint density at radius 2 is 1.92 bits per heavy atom. The van der Waals surface area contributed by atoms with E-state index < -0.39 is 20.3 Å². The van der Waals surface area contributed by atoms with Gasteiger partial charge in [-0.1, -0.05) is 6.42 Å². The lowest BCUT2D eigenvalue weighted by Gasteiger charge is -2.26. The van der Waals surface area contributed by atoms with Crippen LogP contribution < -0.4 is 10.1 Å². The van der Waals surface area contributed by atoms with Crippen molar-refractivity contribution >= 4 is 44.8 Å². The number of piperidine rings is 1. The third-order valence-corrected chi connectivity index (χ3v) is 7.25. The van der Waals surface area contributed by atoms with E-state index in [-0.39, 0.29) is 10.8 Å². The van der Waals surface area contributed by atoms with Gasteiger partial charge < -0.3 is 10.1 Å². The normalized spacial score (nSPS) is 23.1. The maximum absolute atomic E-state index is 12.8. The third kappa shape index (κ3) is 3.89. The second-order valence-corrected chi connectivity index (χ2v) is 9.81. The molecule has 25 heavy (non-hydrogen) atoms. The Balaban J connectivity index is 1.85. The second-order valence-electron chi connectivity index (χ2n) is 6.33. The fraction of sp³-hybridized carbons (Fsp3) is 0.562. The lowest BCUT2D eigenvalue weighted by atomic mass is 10.2. The number of carbonyl (C=O) groups excluding carboxylic acids is 1. The molecular formula is C16H20Cl2N2O4S. The molecule has 1 atom stereocenters. The zero-order valence-electron chi connectivity index (χ0n) is 13.8. The number of hydrogen-bond donors (Lipinski definition) is 1. The Morgan fingerprint density at radius 1 is 1.28 bits per heavy atom. The smallest absolute Gasteiger partial charge is 0.243 e. The Bertz CT molecular complexity index is 776. The van der Waals surface area contributed by atoms with Crippen molar-refractivity contribution in [3.05, 3.63) is 18.2 Å². The van der Waals surface area contributed by atoms with E-state index in [1.165, 1.54) is 29.6 Å². The van der Waals surface area contributed by atoms with Gasteiger partial charge >= 0.3 is 0 Å². The molecule has 1 heterocycles. The molecule has 6 nitrogen and oxygen atoms in total. The number of halogens is 2. The first-order chi connectivity index (χ1) is 11.8. The summed E-state index contributed by atoms with van der Waals surface area (Å²) in [5.41, 5.74) is 0.293. The maximum Gasteiger partial charge on any atom is 0.243 e. The highest BCUT2D eigenvalue weighted by atomic mass is 35.5. The van der Waals surface area contributed by atoms with E-state index in [9.17, 15) is 13.2 Å². The van der Waals surface area contributed by atoms with E-state index >= 15 is 0 Å². The Hall–Kier alpha value is -1.02. The van der Waals surface area contributed by atoms with E-state index in [0.717, 1.165) is 19.3 Å². The molecule has 0 unspecified atom stereocenters. The number of alkyl halides is 2. The van der Waals surface area contributed by atoms with Crippen molar-refractivity contribution in [2.45, 2.75) is 34.9 Å². The number of rotatable bonds is 5. The molecule has 0 bridgehead atoms. The fourth-order valence-electron chi connectivity index (χ4n) is 2.92. The molecule has 1 aromatic carbocycles. The molecule has 1 N–H and O–H groups in total. The van der Waals surface area contributed by atoms with E-state index in [2.05, 4.69) is 5.32 Å². The van der Waals surface area contributed by atoms with Crippen molar-refractivity contribution in [1.82, 2.24) is 4.31 Å². The van der Waals surface area contributed by atoms with Gasteiger partial charge in [0.05, 0.1) is 23.6 Å². The van der Waals surface area contributed by atoms with Crippen molar-refractivity contribution in [3.8, 4) is 5.75 Å². The highest BCUT2D eigenvalue weighted by molar-refractivity contribution is 7.89. The van der Waals surface area contributed by atoms with Gasteiger partial charge in [0.25, 0.3) is 0 Å². The molecule has 3 rings (SSSR count). The van der Waals surface area contributed by atoms with Crippen LogP contribution >= 0.6 is 23.2 Å². The minimum absolute atomic E-state index is 0.129. The standard InChI is InChI=1S/C16H20Cl2N2O4S/c1-24-14-6-5-11(25(22,23)20-7-3-2-4-8-20)9-13(14)19-15(21)12-10-16(12,17)18/h5-6,9,12H,2-4,7-8,10H2,1H3,(H,19,21)/t12-/m1/s1. The minimum atomic E-state index is -3.60. The van der Waals surface area contributed by atoms with Crippen molar-refractivity contribution in [3.63, 3.8) is 0 Å². The van der Waals surface area contributed by atoms with E-state index in [4.69, 9.17) is 27.9 Å². The van der Waals surface area contributed by atoms with Crippen LogP contribution in [0, 0.1) is 5.92 Å². The third-order valence-electron chi connectivity index (χ3n) is 4.52. The van der Waals surface area contributed by atoms with Crippen molar-refractivity contribution in [2.75, 3.05) is 25.5 Å². The van der Waals surface area contributed by atoms with Gasteiger partial charge in [-0.15, -0.1) is 23.2 Å². The van der Waals surface area contributed by atoms with Gasteiger partial charge in [0.15, 0.2) is 0 Å². The van der Waals surface area contributed by atoms with Crippen LogP contribution in [0.2, 0.25) is 0 Å². The van der Waals surface area contributed by atoms with Crippen molar-refractivity contribution in [2.24, 2.45) is 5.92 Å². The monoisotopic (exact) mass is 406 g/mol. The predicted molar refractivity (Wildman–Crippen MR) is 96.8 cm³/mol. The molecule has 0 aromatic heterocycles. The van der Waals surface area contributed by atoms with E-state index in [0.29, 0.717) is 30.9 Å². The number of nitrogens with zero attached hydrogens (tertiary/aromatic N) is 1. The summed E-state index contributed by atoms with van der Waals surface area (Å²) < 4.78 is 31.3. The van der Waals surface area contributed by atoms with Crippen LogP contribution in [-0.2, 0) is 14.8 Å². The summed E-state index contributed by atoms with van der Waals surface area (Å²) in [6.07, 6.45) is 3.12. The van der Waals surface area contributed by atoms with Crippen molar-refractivity contribution < 1.29 is 17.9 Å². The Morgan fingerprint density at radius 3 is 2.48 bits per heavy atom. The highest BCUT2D eigenvalue weighted by Gasteiger charge is 2.56. The summed E-state index contributed by atoms with van der Waals surface area (Å²) in [4.78, 5) is 12.4. The number of nitrogens with one attached hydrogen (secondary N) is 1. The topological polar surface area (TPSA) is 75.7 Å². The predicted octanol–water partition coefficient (Wildman–Crippen LogP) is 3.00. The van der Waals surface area contributed by atoms with Crippen LogP contribution in [-0.4, -0.2) is 43.2 Å². The van der Waals surface area contributed by atoms with Crippen LogP contribution in [0.3, 0.4) is 0 Å². The molecule has 1 saturated carbocycles. The average Bonchev–Trinajstić information content (AvgIpc) is 3.24. The minimum Gasteiger partial charge on any atom is -0.495 e. The lowest BCUT2D eigenvalue weighted by Crippen LogP contribution is -2.35. The summed E-state index contributed by atoms with van der Waals surface area (Å²) in [5, 5.41) is 2.68. The molecule has 138 valence electrons. The van der Waals surface area contributed by atoms with Gasteiger partial charge in [0.1, 0.15) is 10.1 Å². The summed E-state index contributed by atoms with van der Waals surface area (Å²) in [6.45, 7) is 1.03. The van der Waals surface area contributed by atoms with Gasteiger partial charge in [-0.25, -0.2) is 8.42 Å². The number of benzene rings is 1. The molecule has 0 radical (unpaired) electrons. The van der Waals surface area contributed by atoms with Gasteiger partial charge in [0.2, 0.25) is 15.9 Å². The van der Waals surface area contributed by atoms with Crippen molar-refractivity contribution in [1.29, 1.82) is 0 Å². The highest BCUT2D eigenvalue weighted by Crippen LogP contribution is 2.53. The Kier molecular flexibility index (Phi) is 5.21. The lowest BCUT2D eigenvalue weighted by molar-refractivity contribution is -0.117. The van der Waals surface area contributed by atoms with E-state index in [1.807, 2.05) is 0 Å². The number of methoxy groups -OCH3 is 1. The van der Waals surface area contributed by atoms with Crippen LogP contribution in [0.25, 0.3) is 0 Å². The molecular weight excluding hydrogens is 387 g/mol. The molecule has 9 heteroatoms. The Labute approximate surface area is 157 Å². The first-order valence-electron chi connectivity index (χ1n) is 8.12. The number of anilines is 1. The quantitative estimate of drug-likeness (QED) is 0.762. The number of ether oxygens (including phenoxy) is 1. The van der Waals surface area contributed by atoms with Crippen LogP contribution in [0.4, 0.5) is 5.69 Å². The zero-order chi connectivity index (χ0) is 18.2. The molecule has 1 amide bonds. The maximum atomic E-state index is 12.8. The van der Waals surface area contributed by atoms with E-state index in [1.54, 1.807) is 0 Å². The SMILES string of the molecule is COc1ccc(S(=O)(=O)N2CCCCC2)cc1NC(=O)[C@H]1CC1(Cl)Cl. The number of sulfonamides is 1. The molecule has 2 fully saturated rings. The van der Waals surface area contributed by atoms with Gasteiger partial charge in [-0.05, 0) is 37.5 Å². The second kappa shape index (κ2) is 6.95. The number of amides is 1. The number of hydrogen-bond acceptors (Lipinski definition) is 4. The summed E-state index contributed by atoms with van der Waals surface area (Å²) in [6, 6.07) is 4.45. The fourth-order valence-corrected chi connectivity index (χ4v) is 4.97. The molecule has 1 aliphatic carbocycles. The van der Waals surface area contributed by atoms with Gasteiger partial charge in [-0.2, -0.15) is 4.31 Å². The van der Waals surface area contributed by atoms with Gasteiger partial charge in [0, 0.05) is 13.1 Å². The summed E-state index contributed by atoms with van der Waals surface area (Å²) in [7, 11) is -2.15. The molecule has 1 saturated heterocycles. The first kappa shape index (κ1) is 18.8. The molecule has 1 aromatic rings.